The van der Waals surface area contributed by atoms with Crippen molar-refractivity contribution in [2.75, 3.05) is 13.7 Å². The molecule has 0 bridgehead atoms. The van der Waals surface area contributed by atoms with Crippen molar-refractivity contribution in [2.45, 2.75) is 45.5 Å². The van der Waals surface area contributed by atoms with E-state index in [1.54, 1.807) is 7.11 Å². The number of nitrogens with zero attached hydrogens (tertiary/aromatic N) is 3. The van der Waals surface area contributed by atoms with Gasteiger partial charge in [-0.05, 0) is 44.5 Å². The van der Waals surface area contributed by atoms with Crippen molar-refractivity contribution in [1.82, 2.24) is 14.7 Å². The maximum atomic E-state index is 5.92. The van der Waals surface area contributed by atoms with Gasteiger partial charge in [0.05, 0.1) is 11.7 Å². The number of hydrogen-bond acceptors (Lipinski definition) is 4. The minimum atomic E-state index is 0.371. The maximum Gasteiger partial charge on any atom is 0.129 e. The smallest absolute Gasteiger partial charge is 0.129 e. The second kappa shape index (κ2) is 6.45. The molecule has 1 aliphatic rings. The van der Waals surface area contributed by atoms with E-state index >= 15 is 0 Å². The molecule has 5 heteroatoms. The van der Waals surface area contributed by atoms with Gasteiger partial charge in [0.25, 0.3) is 0 Å². The maximum absolute atomic E-state index is 5.92. The summed E-state index contributed by atoms with van der Waals surface area (Å²) in [5.41, 5.74) is 1.27. The van der Waals surface area contributed by atoms with Gasteiger partial charge >= 0.3 is 0 Å². The third kappa shape index (κ3) is 3.04. The highest BCUT2D eigenvalue weighted by molar-refractivity contribution is 5.13. The minimum Gasteiger partial charge on any atom is -0.462 e. The Morgan fingerprint density at radius 1 is 1.38 bits per heavy atom. The van der Waals surface area contributed by atoms with Crippen LogP contribution in [0.5, 0.6) is 0 Å². The van der Waals surface area contributed by atoms with E-state index in [-0.39, 0.29) is 0 Å². The zero-order chi connectivity index (χ0) is 14.7. The third-order valence-corrected chi connectivity index (χ3v) is 4.13. The summed E-state index contributed by atoms with van der Waals surface area (Å²) >= 11 is 0. The van der Waals surface area contributed by atoms with E-state index < -0.39 is 0 Å². The van der Waals surface area contributed by atoms with E-state index in [9.17, 15) is 0 Å². The van der Waals surface area contributed by atoms with Gasteiger partial charge < -0.3 is 9.15 Å². The highest BCUT2D eigenvalue weighted by Gasteiger charge is 2.29. The Hall–Kier alpha value is -1.59. The average Bonchev–Trinajstić information content (AvgIpc) is 3.19. The fourth-order valence-corrected chi connectivity index (χ4v) is 3.12. The molecule has 0 aromatic carbocycles. The van der Waals surface area contributed by atoms with Crippen molar-refractivity contribution in [3.05, 3.63) is 41.6 Å². The molecule has 2 aromatic rings. The fourth-order valence-electron chi connectivity index (χ4n) is 3.12. The second-order valence-electron chi connectivity index (χ2n) is 5.50. The summed E-state index contributed by atoms with van der Waals surface area (Å²) in [5, 5.41) is 4.35. The van der Waals surface area contributed by atoms with Crippen LogP contribution in [0.4, 0.5) is 0 Å². The summed E-state index contributed by atoms with van der Waals surface area (Å²) in [6, 6.07) is 6.59. The number of furan rings is 1. The summed E-state index contributed by atoms with van der Waals surface area (Å²) in [6.07, 6.45) is 4.25. The van der Waals surface area contributed by atoms with E-state index in [0.29, 0.717) is 12.6 Å². The molecule has 2 aromatic heterocycles. The van der Waals surface area contributed by atoms with Gasteiger partial charge in [0.2, 0.25) is 0 Å². The molecule has 0 unspecified atom stereocenters. The van der Waals surface area contributed by atoms with Crippen LogP contribution in [0, 0.1) is 0 Å². The predicted molar refractivity (Wildman–Crippen MR) is 79.7 cm³/mol. The molecule has 21 heavy (non-hydrogen) atoms. The normalized spacial score (nSPS) is 19.4. The van der Waals surface area contributed by atoms with Crippen LogP contribution in [-0.4, -0.2) is 28.3 Å². The molecule has 0 saturated carbocycles. The lowest BCUT2D eigenvalue weighted by Crippen LogP contribution is -2.24. The topological polar surface area (TPSA) is 43.4 Å². The van der Waals surface area contributed by atoms with Gasteiger partial charge in [-0.1, -0.05) is 0 Å². The quantitative estimate of drug-likeness (QED) is 0.820. The number of aryl methyl sites for hydroxylation is 1. The molecule has 3 heterocycles. The Morgan fingerprint density at radius 2 is 2.29 bits per heavy atom. The van der Waals surface area contributed by atoms with Gasteiger partial charge in [0.1, 0.15) is 18.1 Å². The Bertz CT molecular complexity index is 576. The van der Waals surface area contributed by atoms with Gasteiger partial charge in [-0.2, -0.15) is 5.10 Å². The van der Waals surface area contributed by atoms with Gasteiger partial charge in [0, 0.05) is 26.4 Å². The summed E-state index contributed by atoms with van der Waals surface area (Å²) in [7, 11) is 1.69. The molecule has 0 N–H and O–H groups in total. The van der Waals surface area contributed by atoms with Crippen molar-refractivity contribution < 1.29 is 9.15 Å². The Balaban J connectivity index is 1.72. The first kappa shape index (κ1) is 14.4. The number of methoxy groups -OCH3 is 1. The molecule has 0 spiro atoms. The van der Waals surface area contributed by atoms with Crippen molar-refractivity contribution in [3.63, 3.8) is 0 Å². The highest BCUT2D eigenvalue weighted by atomic mass is 16.5. The van der Waals surface area contributed by atoms with Gasteiger partial charge in [0.15, 0.2) is 0 Å². The first-order valence-electron chi connectivity index (χ1n) is 7.64. The molecule has 1 saturated heterocycles. The lowest BCUT2D eigenvalue weighted by Gasteiger charge is -2.23. The van der Waals surface area contributed by atoms with Crippen molar-refractivity contribution in [3.8, 4) is 0 Å². The number of likely N-dealkylation sites (tertiary alicyclic amines) is 1. The molecule has 0 aliphatic carbocycles. The SMILES string of the molecule is CCn1nccc1CN1CCC[C@@H]1c1ccc(COC)o1. The van der Waals surface area contributed by atoms with Crippen LogP contribution in [0.2, 0.25) is 0 Å². The van der Waals surface area contributed by atoms with Crippen LogP contribution < -0.4 is 0 Å². The summed E-state index contributed by atoms with van der Waals surface area (Å²) in [6.45, 7) is 5.62. The van der Waals surface area contributed by atoms with E-state index in [0.717, 1.165) is 37.6 Å². The lowest BCUT2D eigenvalue weighted by atomic mass is 10.1. The molecule has 1 aliphatic heterocycles. The highest BCUT2D eigenvalue weighted by Crippen LogP contribution is 2.34. The standard InChI is InChI=1S/C16H23N3O2/c1-3-19-13(8-9-17-19)11-18-10-4-5-15(18)16-7-6-14(21-16)12-20-2/h6-9,15H,3-5,10-12H2,1-2H3/t15-/m1/s1. The van der Waals surface area contributed by atoms with Crippen LogP contribution in [0.3, 0.4) is 0 Å². The Kier molecular flexibility index (Phi) is 4.41. The summed E-state index contributed by atoms with van der Waals surface area (Å²) in [4.78, 5) is 2.48. The molecule has 5 nitrogen and oxygen atoms in total. The zero-order valence-electron chi connectivity index (χ0n) is 12.8. The molecule has 1 fully saturated rings. The van der Waals surface area contributed by atoms with E-state index in [2.05, 4.69) is 33.7 Å². The second-order valence-corrected chi connectivity index (χ2v) is 5.50. The fraction of sp³-hybridized carbons (Fsp3) is 0.562. The number of rotatable bonds is 6. The molecule has 3 rings (SSSR count). The summed E-state index contributed by atoms with van der Waals surface area (Å²) in [5.74, 6) is 1.96. The van der Waals surface area contributed by atoms with E-state index in [4.69, 9.17) is 9.15 Å². The van der Waals surface area contributed by atoms with Crippen molar-refractivity contribution in [1.29, 1.82) is 0 Å². The first-order chi connectivity index (χ1) is 10.3. The molecule has 0 radical (unpaired) electrons. The van der Waals surface area contributed by atoms with Gasteiger partial charge in [-0.3, -0.25) is 9.58 Å². The van der Waals surface area contributed by atoms with Crippen LogP contribution >= 0.6 is 0 Å². The first-order valence-corrected chi connectivity index (χ1v) is 7.64. The Morgan fingerprint density at radius 3 is 3.10 bits per heavy atom. The molecule has 114 valence electrons. The zero-order valence-corrected chi connectivity index (χ0v) is 12.8. The predicted octanol–water partition coefficient (Wildman–Crippen LogP) is 2.98. The third-order valence-electron chi connectivity index (χ3n) is 4.13. The number of hydrogen-bond donors (Lipinski definition) is 0. The molecular formula is C16H23N3O2. The van der Waals surface area contributed by atoms with Crippen LogP contribution in [-0.2, 0) is 24.4 Å². The van der Waals surface area contributed by atoms with E-state index in [1.165, 1.54) is 12.1 Å². The molecule has 1 atom stereocenters. The van der Waals surface area contributed by atoms with Crippen molar-refractivity contribution >= 4 is 0 Å². The monoisotopic (exact) mass is 289 g/mol. The van der Waals surface area contributed by atoms with Gasteiger partial charge in [-0.25, -0.2) is 0 Å². The average molecular weight is 289 g/mol. The van der Waals surface area contributed by atoms with Crippen LogP contribution in [0.1, 0.15) is 43.0 Å². The Labute approximate surface area is 125 Å². The number of aromatic nitrogens is 2. The van der Waals surface area contributed by atoms with Crippen LogP contribution in [0.15, 0.2) is 28.8 Å². The largest absolute Gasteiger partial charge is 0.462 e. The molecular weight excluding hydrogens is 266 g/mol. The minimum absolute atomic E-state index is 0.371. The molecule has 0 amide bonds. The van der Waals surface area contributed by atoms with Gasteiger partial charge in [-0.15, -0.1) is 0 Å². The van der Waals surface area contributed by atoms with Crippen LogP contribution in [0.25, 0.3) is 0 Å². The lowest BCUT2D eigenvalue weighted by molar-refractivity contribution is 0.155. The van der Waals surface area contributed by atoms with Crippen molar-refractivity contribution in [2.24, 2.45) is 0 Å². The number of ether oxygens (including phenoxy) is 1. The summed E-state index contributed by atoms with van der Waals surface area (Å²) < 4.78 is 13.1. The van der Waals surface area contributed by atoms with E-state index in [1.807, 2.05) is 12.3 Å².